The van der Waals surface area contributed by atoms with Crippen LogP contribution >= 0.6 is 0 Å². The largest absolute Gasteiger partial charge is 0.376 e. The molecule has 5 aliphatic rings. The molecule has 0 bridgehead atoms. The van der Waals surface area contributed by atoms with E-state index in [4.69, 9.17) is 25.5 Å². The van der Waals surface area contributed by atoms with Gasteiger partial charge in [0.15, 0.2) is 11.6 Å². The molecule has 0 amide bonds. The van der Waals surface area contributed by atoms with Crippen molar-refractivity contribution in [1.82, 2.24) is 20.1 Å². The lowest BCUT2D eigenvalue weighted by molar-refractivity contribution is 0.0838. The number of piperidine rings is 1. The third kappa shape index (κ3) is 3.94. The molecule has 9 heteroatoms. The Hall–Kier alpha value is -2.91. The van der Waals surface area contributed by atoms with Crippen LogP contribution in [-0.4, -0.2) is 70.8 Å². The van der Waals surface area contributed by atoms with Crippen molar-refractivity contribution in [2.24, 2.45) is 16.1 Å². The Labute approximate surface area is 218 Å². The highest BCUT2D eigenvalue weighted by atomic mass is 16.5. The Balaban J connectivity index is 1.10. The van der Waals surface area contributed by atoms with Crippen molar-refractivity contribution in [3.05, 3.63) is 29.6 Å². The molecule has 4 aliphatic heterocycles. The van der Waals surface area contributed by atoms with E-state index in [1.54, 1.807) is 0 Å². The predicted molar refractivity (Wildman–Crippen MR) is 147 cm³/mol. The number of nitrogens with zero attached hydrogens (tertiary/aromatic N) is 5. The summed E-state index contributed by atoms with van der Waals surface area (Å²) < 4.78 is 5.90. The van der Waals surface area contributed by atoms with Gasteiger partial charge in [0.2, 0.25) is 0 Å². The summed E-state index contributed by atoms with van der Waals surface area (Å²) in [5, 5.41) is 11.6. The van der Waals surface area contributed by atoms with Gasteiger partial charge in [-0.05, 0) is 76.0 Å². The van der Waals surface area contributed by atoms with Crippen molar-refractivity contribution in [2.75, 3.05) is 43.0 Å². The second-order valence-corrected chi connectivity index (χ2v) is 11.4. The number of nitrogens with two attached hydrogens (primary N) is 1. The number of hydrogen-bond donors (Lipinski definition) is 3. The molecule has 37 heavy (non-hydrogen) atoms. The van der Waals surface area contributed by atoms with Crippen molar-refractivity contribution in [1.29, 1.82) is 0 Å². The summed E-state index contributed by atoms with van der Waals surface area (Å²) in [5.74, 6) is 2.81. The van der Waals surface area contributed by atoms with Gasteiger partial charge < -0.3 is 25.6 Å². The first-order valence-corrected chi connectivity index (χ1v) is 14.1. The molecule has 2 fully saturated rings. The molecule has 6 heterocycles. The molecule has 0 saturated carbocycles. The van der Waals surface area contributed by atoms with Gasteiger partial charge in [-0.1, -0.05) is 6.08 Å². The van der Waals surface area contributed by atoms with Crippen LogP contribution in [0.1, 0.15) is 63.3 Å². The zero-order chi connectivity index (χ0) is 25.0. The summed E-state index contributed by atoms with van der Waals surface area (Å²) in [5.41, 5.74) is 12.5. The van der Waals surface area contributed by atoms with Crippen LogP contribution in [-0.2, 0) is 11.2 Å². The number of rotatable bonds is 2. The summed E-state index contributed by atoms with van der Waals surface area (Å²) in [6.45, 7) is 6.45. The number of H-pyrrole nitrogens is 1. The van der Waals surface area contributed by atoms with Gasteiger partial charge in [-0.3, -0.25) is 10.1 Å². The highest BCUT2D eigenvalue weighted by Gasteiger charge is 2.48. The lowest BCUT2D eigenvalue weighted by atomic mass is 9.73. The van der Waals surface area contributed by atoms with Crippen LogP contribution < -0.4 is 16.0 Å². The second-order valence-electron chi connectivity index (χ2n) is 11.4. The highest BCUT2D eigenvalue weighted by Crippen LogP contribution is 2.43. The number of anilines is 3. The van der Waals surface area contributed by atoms with E-state index in [1.165, 1.54) is 36.2 Å². The molecule has 4 N–H and O–H groups in total. The molecule has 2 aromatic heterocycles. The summed E-state index contributed by atoms with van der Waals surface area (Å²) in [7, 11) is 0. The topological polar surface area (TPSA) is 108 Å². The van der Waals surface area contributed by atoms with Crippen molar-refractivity contribution >= 4 is 34.4 Å². The van der Waals surface area contributed by atoms with Gasteiger partial charge in [-0.2, -0.15) is 5.10 Å². The number of fused-ring (bicyclic) bond motifs is 2. The number of amidine groups is 1. The van der Waals surface area contributed by atoms with Crippen LogP contribution in [0.15, 0.2) is 23.2 Å². The fourth-order valence-corrected chi connectivity index (χ4v) is 6.88. The van der Waals surface area contributed by atoms with E-state index in [1.807, 2.05) is 0 Å². The summed E-state index contributed by atoms with van der Waals surface area (Å²) >= 11 is 0. The molecule has 2 saturated heterocycles. The maximum atomic E-state index is 6.52. The molecule has 0 unspecified atom stereocenters. The first-order chi connectivity index (χ1) is 18.1. The number of likely N-dealkylation sites (tertiary alicyclic amines) is 1. The minimum Gasteiger partial charge on any atom is -0.376 e. The third-order valence-electron chi connectivity index (χ3n) is 9.27. The zero-order valence-corrected chi connectivity index (χ0v) is 21.8. The standard InChI is InChI=1S/C28H38N8O/c1-18-25(29)28(17-37-18)11-14-35(15-12-28)23-16-30-24-26(32-23)33-34-27(24)36-13-5-8-21-22(36)10-9-20(31-21)19-6-3-2-4-7-19/h6,9-10,18,25,30H,2-5,7-8,11-17,29H2,1H3,(H,33,34)/t18-,25+/m0/s1. The second kappa shape index (κ2) is 9.13. The minimum atomic E-state index is 0.119. The lowest BCUT2D eigenvalue weighted by Gasteiger charge is -2.42. The number of aromatic amines is 1. The van der Waals surface area contributed by atoms with Crippen LogP contribution in [0.2, 0.25) is 0 Å². The zero-order valence-electron chi connectivity index (χ0n) is 21.8. The van der Waals surface area contributed by atoms with Crippen LogP contribution in [0.4, 0.5) is 23.0 Å². The fraction of sp³-hybridized carbons (Fsp3) is 0.607. The molecule has 7 rings (SSSR count). The molecule has 1 aliphatic carbocycles. The van der Waals surface area contributed by atoms with Gasteiger partial charge >= 0.3 is 0 Å². The van der Waals surface area contributed by atoms with Crippen molar-refractivity contribution in [3.63, 3.8) is 0 Å². The van der Waals surface area contributed by atoms with E-state index >= 15 is 0 Å². The molecule has 0 radical (unpaired) electrons. The number of aryl methyl sites for hydroxylation is 1. The van der Waals surface area contributed by atoms with Gasteiger partial charge in [-0.25, -0.2) is 4.99 Å². The molecule has 0 aromatic carbocycles. The fourth-order valence-electron chi connectivity index (χ4n) is 6.88. The van der Waals surface area contributed by atoms with E-state index < -0.39 is 0 Å². The van der Waals surface area contributed by atoms with E-state index in [0.29, 0.717) is 6.54 Å². The van der Waals surface area contributed by atoms with E-state index in [0.717, 1.165) is 87.2 Å². The maximum absolute atomic E-state index is 6.52. The smallest absolute Gasteiger partial charge is 0.180 e. The summed E-state index contributed by atoms with van der Waals surface area (Å²) in [4.78, 5) is 14.8. The number of hydrogen-bond acceptors (Lipinski definition) is 8. The van der Waals surface area contributed by atoms with Gasteiger partial charge in [0.05, 0.1) is 36.3 Å². The molecule has 1 spiro atoms. The highest BCUT2D eigenvalue weighted by molar-refractivity contribution is 5.96. The first-order valence-electron chi connectivity index (χ1n) is 14.1. The number of pyridine rings is 1. The van der Waals surface area contributed by atoms with Crippen LogP contribution in [0.25, 0.3) is 5.57 Å². The quantitative estimate of drug-likeness (QED) is 0.567. The van der Waals surface area contributed by atoms with Gasteiger partial charge in [-0.15, -0.1) is 0 Å². The molecule has 2 aromatic rings. The monoisotopic (exact) mass is 502 g/mol. The van der Waals surface area contributed by atoms with Gasteiger partial charge in [0, 0.05) is 31.1 Å². The Morgan fingerprint density at radius 1 is 1.11 bits per heavy atom. The number of ether oxygens (including phenoxy) is 1. The van der Waals surface area contributed by atoms with E-state index in [9.17, 15) is 0 Å². The van der Waals surface area contributed by atoms with Crippen molar-refractivity contribution in [2.45, 2.75) is 70.4 Å². The predicted octanol–water partition coefficient (Wildman–Crippen LogP) is 4.13. The number of allylic oxidation sites excluding steroid dienone is 2. The molecule has 196 valence electrons. The Morgan fingerprint density at radius 2 is 2.00 bits per heavy atom. The third-order valence-corrected chi connectivity index (χ3v) is 9.27. The number of nitrogens with one attached hydrogen (secondary N) is 2. The molecular formula is C28H38N8O. The number of aromatic nitrogens is 3. The first kappa shape index (κ1) is 23.2. The van der Waals surface area contributed by atoms with E-state index in [2.05, 4.69) is 45.3 Å². The Bertz CT molecular complexity index is 1240. The summed E-state index contributed by atoms with van der Waals surface area (Å²) in [6, 6.07) is 4.56. The molecule has 9 nitrogen and oxygen atoms in total. The van der Waals surface area contributed by atoms with Crippen LogP contribution in [0, 0.1) is 5.41 Å². The lowest BCUT2D eigenvalue weighted by Crippen LogP contribution is -2.52. The average Bonchev–Trinajstić information content (AvgIpc) is 3.50. The Kier molecular flexibility index (Phi) is 5.73. The van der Waals surface area contributed by atoms with Gasteiger partial charge in [0.1, 0.15) is 11.5 Å². The maximum Gasteiger partial charge on any atom is 0.180 e. The van der Waals surface area contributed by atoms with Crippen LogP contribution in [0.3, 0.4) is 0 Å². The summed E-state index contributed by atoms with van der Waals surface area (Å²) in [6.07, 6.45) is 11.6. The minimum absolute atomic E-state index is 0.119. The van der Waals surface area contributed by atoms with Crippen molar-refractivity contribution < 1.29 is 4.74 Å². The van der Waals surface area contributed by atoms with E-state index in [-0.39, 0.29) is 17.6 Å². The van der Waals surface area contributed by atoms with Gasteiger partial charge in [0.25, 0.3) is 0 Å². The SMILES string of the molecule is C[C@@H]1OCC2(CCN(C3=Nc4[nH]nc(N5CCCc6nc(C7=CCCCC7)ccc65)c4NC3)CC2)[C@@H]1N. The molecule has 2 atom stereocenters. The molecular weight excluding hydrogens is 464 g/mol. The number of aliphatic imine (C=N–C) groups is 1. The van der Waals surface area contributed by atoms with Crippen LogP contribution in [0.5, 0.6) is 0 Å². The average molecular weight is 503 g/mol. The normalized spacial score (nSPS) is 26.9. The Morgan fingerprint density at radius 3 is 2.78 bits per heavy atom. The van der Waals surface area contributed by atoms with Crippen molar-refractivity contribution in [3.8, 4) is 0 Å².